The third kappa shape index (κ3) is 65.1. The van der Waals surface area contributed by atoms with E-state index in [-0.39, 0.29) is 25.7 Å². The molecule has 19 heteroatoms. The van der Waals surface area contributed by atoms with E-state index in [9.17, 15) is 43.2 Å². The highest BCUT2D eigenvalue weighted by atomic mass is 31.2. The fourth-order valence-corrected chi connectivity index (χ4v) is 12.4. The summed E-state index contributed by atoms with van der Waals surface area (Å²) in [5.41, 5.74) is 0. The van der Waals surface area contributed by atoms with Crippen molar-refractivity contribution in [3.63, 3.8) is 0 Å². The van der Waals surface area contributed by atoms with Crippen molar-refractivity contribution in [2.45, 2.75) is 375 Å². The molecule has 0 aromatic carbocycles. The average molecular weight is 1340 g/mol. The van der Waals surface area contributed by atoms with E-state index in [4.69, 9.17) is 37.0 Å². The number of rotatable bonds is 69. The lowest BCUT2D eigenvalue weighted by Crippen LogP contribution is -2.30. The van der Waals surface area contributed by atoms with E-state index in [0.717, 1.165) is 114 Å². The first kappa shape index (κ1) is 89.1. The maximum Gasteiger partial charge on any atom is 0.472 e. The molecule has 0 aliphatic carbocycles. The predicted octanol–water partition coefficient (Wildman–Crippen LogP) is 20.5. The van der Waals surface area contributed by atoms with Crippen LogP contribution in [0.1, 0.15) is 357 Å². The molecule has 0 aliphatic rings. The van der Waals surface area contributed by atoms with Gasteiger partial charge >= 0.3 is 39.5 Å². The molecule has 0 saturated carbocycles. The Morgan fingerprint density at radius 2 is 0.527 bits per heavy atom. The number of aliphatic hydroxyl groups excluding tert-OH is 1. The Balaban J connectivity index is 5.15. The van der Waals surface area contributed by atoms with Gasteiger partial charge < -0.3 is 33.8 Å². The first-order valence-electron chi connectivity index (χ1n) is 37.2. The Morgan fingerprint density at radius 3 is 0.780 bits per heavy atom. The summed E-state index contributed by atoms with van der Waals surface area (Å²) in [6.07, 6.45) is 44.9. The Hall–Kier alpha value is -1.94. The van der Waals surface area contributed by atoms with Gasteiger partial charge in [-0.2, -0.15) is 0 Å². The van der Waals surface area contributed by atoms with E-state index in [1.807, 2.05) is 0 Å². The predicted molar refractivity (Wildman–Crippen MR) is 367 cm³/mol. The Labute approximate surface area is 556 Å². The number of hydrogen-bond acceptors (Lipinski definition) is 15. The van der Waals surface area contributed by atoms with Crippen LogP contribution in [0, 0.1) is 23.7 Å². The summed E-state index contributed by atoms with van der Waals surface area (Å²) < 4.78 is 68.2. The fraction of sp³-hybridized carbons (Fsp3) is 0.944. The molecule has 0 aromatic heterocycles. The van der Waals surface area contributed by atoms with Crippen molar-refractivity contribution < 1.29 is 80.2 Å². The highest BCUT2D eigenvalue weighted by Crippen LogP contribution is 2.45. The van der Waals surface area contributed by atoms with Crippen LogP contribution in [-0.4, -0.2) is 96.7 Å². The summed E-state index contributed by atoms with van der Waals surface area (Å²) in [5.74, 6) is 0.813. The molecule has 0 saturated heterocycles. The molecule has 3 unspecified atom stereocenters. The third-order valence-corrected chi connectivity index (χ3v) is 18.8. The Morgan fingerprint density at radius 1 is 0.308 bits per heavy atom. The lowest BCUT2D eigenvalue weighted by atomic mass is 10.00. The zero-order valence-corrected chi connectivity index (χ0v) is 61.3. The van der Waals surface area contributed by atoms with Gasteiger partial charge in [-0.25, -0.2) is 9.13 Å². The van der Waals surface area contributed by atoms with Crippen LogP contribution in [0.2, 0.25) is 0 Å². The second-order valence-corrected chi connectivity index (χ2v) is 30.6. The summed E-state index contributed by atoms with van der Waals surface area (Å²) in [6.45, 7) is 14.0. The molecule has 0 heterocycles. The molecule has 6 atom stereocenters. The number of aliphatic hydroxyl groups is 1. The van der Waals surface area contributed by atoms with Gasteiger partial charge in [0, 0.05) is 25.7 Å². The molecule has 17 nitrogen and oxygen atoms in total. The van der Waals surface area contributed by atoms with Crippen molar-refractivity contribution in [1.82, 2.24) is 0 Å². The van der Waals surface area contributed by atoms with Crippen LogP contribution >= 0.6 is 15.6 Å². The first-order valence-corrected chi connectivity index (χ1v) is 40.2. The van der Waals surface area contributed by atoms with Gasteiger partial charge in [0.15, 0.2) is 12.2 Å². The number of carbonyl (C=O) groups is 4. The Kier molecular flexibility index (Phi) is 60.3. The summed E-state index contributed by atoms with van der Waals surface area (Å²) in [6, 6.07) is 0. The van der Waals surface area contributed by atoms with Crippen LogP contribution in [0.15, 0.2) is 0 Å². The van der Waals surface area contributed by atoms with Gasteiger partial charge in [0.05, 0.1) is 26.4 Å². The van der Waals surface area contributed by atoms with E-state index < -0.39 is 97.5 Å². The largest absolute Gasteiger partial charge is 0.472 e. The third-order valence-electron chi connectivity index (χ3n) is 16.9. The van der Waals surface area contributed by atoms with Gasteiger partial charge in [-0.3, -0.25) is 37.3 Å². The molecule has 0 aliphatic heterocycles. The van der Waals surface area contributed by atoms with Gasteiger partial charge in [-0.15, -0.1) is 0 Å². The van der Waals surface area contributed by atoms with Gasteiger partial charge in [-0.1, -0.05) is 306 Å². The summed E-state index contributed by atoms with van der Waals surface area (Å²) >= 11 is 0. The van der Waals surface area contributed by atoms with Crippen molar-refractivity contribution in [3.8, 4) is 0 Å². The van der Waals surface area contributed by atoms with Crippen LogP contribution in [-0.2, 0) is 65.4 Å². The van der Waals surface area contributed by atoms with Crippen molar-refractivity contribution in [1.29, 1.82) is 0 Å². The highest BCUT2D eigenvalue weighted by molar-refractivity contribution is 7.47. The fourth-order valence-electron chi connectivity index (χ4n) is 10.8. The maximum atomic E-state index is 13.0. The van der Waals surface area contributed by atoms with Crippen molar-refractivity contribution in [2.75, 3.05) is 39.6 Å². The number of hydrogen-bond donors (Lipinski definition) is 3. The zero-order valence-electron chi connectivity index (χ0n) is 59.5. The van der Waals surface area contributed by atoms with Crippen molar-refractivity contribution >= 4 is 39.5 Å². The average Bonchev–Trinajstić information content (AvgIpc) is 3.60. The molecule has 0 fully saturated rings. The molecule has 0 amide bonds. The standard InChI is InChI=1S/C72H140O17P2/c1-9-65(8)51-43-35-29-31-37-45-53-70(75)83-59-67(88-71(76)54-46-38-27-21-19-17-15-13-11-10-12-14-16-18-20-24-32-40-48-62(2)3)60-86-90(78,79)84-56-66(73)57-85-91(80,81)87-61-68(89-72(77)55-47-39-30-28-34-42-50-64(6)7)58-82-69(74)52-44-36-26-23-22-25-33-41-49-63(4)5/h62-68,73H,9-61H2,1-8H3,(H,78,79)(H,80,81)/t65?,66-,67+,68+/m0/s1. The molecule has 3 N–H and O–H groups in total. The molecule has 91 heavy (non-hydrogen) atoms. The molecule has 0 radical (unpaired) electrons. The van der Waals surface area contributed by atoms with E-state index in [0.29, 0.717) is 31.6 Å². The number of phosphoric acid groups is 2. The molecule has 0 spiro atoms. The summed E-state index contributed by atoms with van der Waals surface area (Å²) in [4.78, 5) is 72.5. The molecule has 0 aromatic rings. The van der Waals surface area contributed by atoms with Gasteiger partial charge in [0.1, 0.15) is 19.3 Å². The number of phosphoric ester groups is 2. The van der Waals surface area contributed by atoms with E-state index in [2.05, 4.69) is 55.4 Å². The second-order valence-electron chi connectivity index (χ2n) is 27.6. The van der Waals surface area contributed by atoms with Crippen LogP contribution in [0.25, 0.3) is 0 Å². The lowest BCUT2D eigenvalue weighted by molar-refractivity contribution is -0.161. The van der Waals surface area contributed by atoms with Crippen LogP contribution in [0.4, 0.5) is 0 Å². The van der Waals surface area contributed by atoms with Gasteiger partial charge in [-0.05, 0) is 49.4 Å². The van der Waals surface area contributed by atoms with Gasteiger partial charge in [0.25, 0.3) is 0 Å². The molecule has 0 bridgehead atoms. The quantitative estimate of drug-likeness (QED) is 0.0222. The zero-order chi connectivity index (χ0) is 67.5. The molecular formula is C72H140O17P2. The smallest absolute Gasteiger partial charge is 0.462 e. The SMILES string of the molecule is CCC(C)CCCCCCCCC(=O)OC[C@H](COP(=O)(O)OC[C@H](O)COP(=O)(O)OC[C@@H](COC(=O)CCCCCCCCCCC(C)C)OC(=O)CCCCCCCCC(C)C)OC(=O)CCCCCCCCCCCCCCCCCCCCC(C)C. The topological polar surface area (TPSA) is 237 Å². The Bertz CT molecular complexity index is 1800. The minimum Gasteiger partial charge on any atom is -0.462 e. The van der Waals surface area contributed by atoms with Crippen molar-refractivity contribution in [2.24, 2.45) is 23.7 Å². The minimum atomic E-state index is -4.95. The summed E-state index contributed by atoms with van der Waals surface area (Å²) in [5, 5.41) is 10.6. The number of unbranched alkanes of at least 4 members (excludes halogenated alkanes) is 34. The lowest BCUT2D eigenvalue weighted by Gasteiger charge is -2.21. The minimum absolute atomic E-state index is 0.101. The number of ether oxygens (including phenoxy) is 4. The number of esters is 4. The van der Waals surface area contributed by atoms with Gasteiger partial charge in [0.2, 0.25) is 0 Å². The highest BCUT2D eigenvalue weighted by Gasteiger charge is 2.30. The van der Waals surface area contributed by atoms with Crippen LogP contribution in [0.3, 0.4) is 0 Å². The van der Waals surface area contributed by atoms with E-state index in [1.54, 1.807) is 0 Å². The molecular weight excluding hydrogens is 1200 g/mol. The summed E-state index contributed by atoms with van der Waals surface area (Å²) in [7, 11) is -9.90. The number of carbonyl (C=O) groups excluding carboxylic acids is 4. The first-order chi connectivity index (χ1) is 43.6. The van der Waals surface area contributed by atoms with Crippen LogP contribution < -0.4 is 0 Å². The monoisotopic (exact) mass is 1340 g/mol. The van der Waals surface area contributed by atoms with E-state index in [1.165, 1.54) is 154 Å². The normalized spacial score (nSPS) is 14.5. The second kappa shape index (κ2) is 61.6. The maximum absolute atomic E-state index is 13.0. The van der Waals surface area contributed by atoms with E-state index >= 15 is 0 Å². The molecule has 0 rings (SSSR count). The molecule has 540 valence electrons. The van der Waals surface area contributed by atoms with Crippen LogP contribution in [0.5, 0.6) is 0 Å². The van der Waals surface area contributed by atoms with Crippen molar-refractivity contribution in [3.05, 3.63) is 0 Å².